The molecule has 150 valence electrons. The summed E-state index contributed by atoms with van der Waals surface area (Å²) < 4.78 is 2.52. The van der Waals surface area contributed by atoms with Crippen LogP contribution in [-0.2, 0) is 13.0 Å². The van der Waals surface area contributed by atoms with Gasteiger partial charge in [-0.05, 0) is 0 Å². The maximum absolute atomic E-state index is 3.02. The third-order valence-corrected chi connectivity index (χ3v) is 117. The normalized spacial score (nSPS) is 145. The third-order valence-electron chi connectivity index (χ3n) is 32.1. The fourth-order valence-corrected chi connectivity index (χ4v) is 189. The van der Waals surface area contributed by atoms with Crippen LogP contribution >= 0.6 is 0 Å². The Morgan fingerprint density at radius 1 is 0.536 bits per heavy atom. The molecule has 0 radical (unpaired) electrons. The standard InChI is InChI=1S/C16H20.2C5H5.2Fe/c1-3-13-16(4-2,14-9-5-6-10-14)15-11-7-8-12-15;2*1-2-4-5-3-1;;/h5-12H,3-4,13H2,1-2H3;2*1-5H;;. The van der Waals surface area contributed by atoms with E-state index in [4.69, 9.17) is 0 Å². The molecule has 8 unspecified atom stereocenters. The molecule has 0 N–H and O–H groups in total. The van der Waals surface area contributed by atoms with Crippen LogP contribution in [0.25, 0.3) is 0 Å². The van der Waals surface area contributed by atoms with E-state index in [1.54, 1.807) is 99.5 Å². The molecule has 20 aliphatic heterocycles. The van der Waals surface area contributed by atoms with Gasteiger partial charge in [0, 0.05) is 0 Å². The van der Waals surface area contributed by atoms with Gasteiger partial charge >= 0.3 is 147 Å². The molecule has 0 amide bonds. The van der Waals surface area contributed by atoms with Crippen LogP contribution in [0.3, 0.4) is 0 Å². The molecule has 2 spiro atoms. The number of hydrogen-bond acceptors (Lipinski definition) is 0. The van der Waals surface area contributed by atoms with Crippen molar-refractivity contribution in [2.75, 3.05) is 0 Å². The zero-order chi connectivity index (χ0) is 16.6. The van der Waals surface area contributed by atoms with Crippen LogP contribution in [-0.4, -0.2) is 0 Å². The summed E-state index contributed by atoms with van der Waals surface area (Å²) in [7, 11) is 0. The van der Waals surface area contributed by atoms with Gasteiger partial charge in [-0.1, -0.05) is 0 Å². The van der Waals surface area contributed by atoms with Crippen LogP contribution < -0.4 is 0 Å². The Morgan fingerprint density at radius 2 is 0.857 bits per heavy atom. The Hall–Kier alpha value is 1.04. The molecular formula is C26H30Fe2. The zero-order valence-electron chi connectivity index (χ0n) is 16.7. The summed E-state index contributed by atoms with van der Waals surface area (Å²) in [6, 6.07) is 0. The summed E-state index contributed by atoms with van der Waals surface area (Å²) in [5.41, 5.74) is 1.07. The van der Waals surface area contributed by atoms with Crippen LogP contribution in [0.5, 0.6) is 0 Å². The van der Waals surface area contributed by atoms with Crippen molar-refractivity contribution in [2.24, 2.45) is 5.41 Å². The van der Waals surface area contributed by atoms with Crippen molar-refractivity contribution < 1.29 is 13.0 Å². The van der Waals surface area contributed by atoms with Gasteiger partial charge in [-0.25, -0.2) is 0 Å². The number of hydrogen-bond donors (Lipinski definition) is 0. The predicted molar refractivity (Wildman–Crippen MR) is 101 cm³/mol. The SMILES string of the molecule is CCCC(CC)([C]12[CH]3[CH]4[CH]5[CH]1[Fe]45321678[CH]2[CH]1[CH]6[CH]7[CH]28)[C]12[CH]3[CH]4[CH]5[CH]1[Fe]45321678[CH]2[CH]1[CH]6[CH]7[CH]28. The van der Waals surface area contributed by atoms with Crippen molar-refractivity contribution in [1.82, 2.24) is 0 Å². The van der Waals surface area contributed by atoms with Crippen LogP contribution in [0, 0.1) is 5.41 Å². The molecule has 0 aromatic carbocycles. The molecule has 0 aromatic rings. The van der Waals surface area contributed by atoms with Gasteiger partial charge in [0.1, 0.15) is 0 Å². The molecule has 20 fully saturated rings. The molecule has 0 saturated carbocycles. The van der Waals surface area contributed by atoms with E-state index in [-0.39, 0.29) is 0 Å². The molecule has 0 aliphatic carbocycles. The van der Waals surface area contributed by atoms with E-state index in [1.807, 2.05) is 6.42 Å². The first-order valence-electron chi connectivity index (χ1n) is 13.6. The molecule has 28 heavy (non-hydrogen) atoms. The van der Waals surface area contributed by atoms with Gasteiger partial charge in [-0.3, -0.25) is 0 Å². The van der Waals surface area contributed by atoms with Crippen molar-refractivity contribution in [1.29, 1.82) is 0 Å². The fourth-order valence-electron chi connectivity index (χ4n) is 36.9. The van der Waals surface area contributed by atoms with Crippen molar-refractivity contribution in [2.45, 2.75) is 128 Å². The quantitative estimate of drug-likeness (QED) is 0.365. The minimum atomic E-state index is -3.02. The van der Waals surface area contributed by atoms with E-state index < -0.39 is 13.0 Å². The fraction of sp³-hybridized carbons (Fsp3) is 1.00. The van der Waals surface area contributed by atoms with E-state index in [1.165, 1.54) is 8.63 Å². The zero-order valence-corrected chi connectivity index (χ0v) is 18.9. The predicted octanol–water partition coefficient (Wildman–Crippen LogP) is 8.70. The van der Waals surface area contributed by atoms with Gasteiger partial charge in [-0.15, -0.1) is 0 Å². The van der Waals surface area contributed by atoms with Crippen molar-refractivity contribution in [3.05, 3.63) is 0 Å². The topological polar surface area (TPSA) is 0 Å². The van der Waals surface area contributed by atoms with Gasteiger partial charge in [0.2, 0.25) is 0 Å². The summed E-state index contributed by atoms with van der Waals surface area (Å²) in [5, 5.41) is 0. The van der Waals surface area contributed by atoms with E-state index in [0.29, 0.717) is 0 Å². The molecule has 2 heteroatoms. The molecule has 20 aliphatic rings. The Kier molecular flexibility index (Phi) is 0.263. The summed E-state index contributed by atoms with van der Waals surface area (Å²) >= 11 is 0. The molecule has 8 atom stereocenters. The molecular weight excluding hydrogens is 424 g/mol. The van der Waals surface area contributed by atoms with Crippen LogP contribution in [0.4, 0.5) is 0 Å². The van der Waals surface area contributed by atoms with E-state index in [0.717, 1.165) is 5.41 Å². The summed E-state index contributed by atoms with van der Waals surface area (Å²) in [6.07, 6.45) is 5.18. The van der Waals surface area contributed by atoms with E-state index in [2.05, 4.69) is 13.8 Å². The average Bonchev–Trinajstić information content (AvgIpc) is 3.60. The average molecular weight is 454 g/mol. The third kappa shape index (κ3) is 0.0897. The first-order valence-corrected chi connectivity index (χ1v) is 26.2. The van der Waals surface area contributed by atoms with E-state index in [9.17, 15) is 0 Å². The van der Waals surface area contributed by atoms with Gasteiger partial charge in [-0.2, -0.15) is 0 Å². The monoisotopic (exact) mass is 454 g/mol. The molecule has 20 rings (SSSR count). The van der Waals surface area contributed by atoms with Crippen LogP contribution in [0.15, 0.2) is 0 Å². The molecule has 0 nitrogen and oxygen atoms in total. The van der Waals surface area contributed by atoms with Crippen LogP contribution in [0.2, 0.25) is 95.3 Å². The first-order chi connectivity index (χ1) is 13.2. The second kappa shape index (κ2) is 0.744. The Balaban J connectivity index is 1.16. The number of fused-ring (bicyclic) bond motifs is 20. The van der Waals surface area contributed by atoms with Gasteiger partial charge in [0.25, 0.3) is 0 Å². The summed E-state index contributed by atoms with van der Waals surface area (Å²) in [4.78, 5) is 28.6. The first kappa shape index (κ1) is 9.89. The van der Waals surface area contributed by atoms with Gasteiger partial charge in [0.05, 0.1) is 0 Å². The number of rotatable bonds is 5. The molecule has 0 bridgehead atoms. The van der Waals surface area contributed by atoms with Crippen molar-refractivity contribution in [3.8, 4) is 0 Å². The minimum absolute atomic E-state index is 1.07. The molecule has 20 saturated heterocycles. The van der Waals surface area contributed by atoms with Crippen molar-refractivity contribution >= 4 is 0 Å². The van der Waals surface area contributed by atoms with Gasteiger partial charge in [0.15, 0.2) is 0 Å². The van der Waals surface area contributed by atoms with Gasteiger partial charge < -0.3 is 0 Å². The summed E-state index contributed by atoms with van der Waals surface area (Å²) in [6.45, 7) is -0.527. The Bertz CT molecular complexity index is 1810. The summed E-state index contributed by atoms with van der Waals surface area (Å²) in [5.74, 6) is 0. The van der Waals surface area contributed by atoms with Crippen molar-refractivity contribution in [3.63, 3.8) is 0 Å². The second-order valence-electron chi connectivity index (χ2n) is 21.5. The molecule has 0 aromatic heterocycles. The van der Waals surface area contributed by atoms with Crippen LogP contribution in [0.1, 0.15) is 33.1 Å². The molecule has 20 heterocycles. The Morgan fingerprint density at radius 3 is 1.00 bits per heavy atom. The van der Waals surface area contributed by atoms with E-state index >= 15 is 0 Å². The maximum atomic E-state index is 2.86. The second-order valence-corrected chi connectivity index (χ2v) is 68.7. The Labute approximate surface area is 146 Å².